The van der Waals surface area contributed by atoms with Crippen molar-refractivity contribution in [3.8, 4) is 0 Å². The number of hydrogen-bond acceptors (Lipinski definition) is 4. The molecule has 0 aromatic heterocycles. The molecular weight excluding hydrogens is 372 g/mol. The summed E-state index contributed by atoms with van der Waals surface area (Å²) in [5.41, 5.74) is 6.63. The van der Waals surface area contributed by atoms with Gasteiger partial charge in [-0.3, -0.25) is 19.3 Å². The van der Waals surface area contributed by atoms with Gasteiger partial charge in [0.1, 0.15) is 0 Å². The number of carbonyl (C=O) groups is 4. The highest BCUT2D eigenvalue weighted by atomic mass is 16.2. The molecule has 1 unspecified atom stereocenters. The quantitative estimate of drug-likeness (QED) is 0.658. The third-order valence-electron chi connectivity index (χ3n) is 4.73. The normalized spacial score (nSPS) is 17.7. The third-order valence-corrected chi connectivity index (χ3v) is 4.73. The van der Waals surface area contributed by atoms with Gasteiger partial charge in [0.15, 0.2) is 0 Å². The maximum absolute atomic E-state index is 12.5. The zero-order valence-electron chi connectivity index (χ0n) is 15.8. The molecule has 150 valence electrons. The zero-order chi connectivity index (χ0) is 20.8. The van der Waals surface area contributed by atoms with Crippen LogP contribution in [-0.2, 0) is 9.59 Å². The Morgan fingerprint density at radius 1 is 1.07 bits per heavy atom. The van der Waals surface area contributed by atoms with Crippen molar-refractivity contribution in [2.24, 2.45) is 16.6 Å². The van der Waals surface area contributed by atoms with Gasteiger partial charge < -0.3 is 11.1 Å². The minimum absolute atomic E-state index is 0.143. The molecule has 3 rings (SSSR count). The predicted molar refractivity (Wildman–Crippen MR) is 108 cm³/mol. The average molecular weight is 394 g/mol. The molecule has 1 heterocycles. The van der Waals surface area contributed by atoms with E-state index in [1.165, 1.54) is 4.90 Å². The number of primary amides is 1. The minimum Gasteiger partial charge on any atom is -0.366 e. The summed E-state index contributed by atoms with van der Waals surface area (Å²) in [6, 6.07) is 5.81. The first-order valence-corrected chi connectivity index (χ1v) is 9.44. The lowest BCUT2D eigenvalue weighted by Crippen LogP contribution is -2.46. The Labute approximate surface area is 168 Å². The summed E-state index contributed by atoms with van der Waals surface area (Å²) in [6.45, 7) is 0.290. The van der Waals surface area contributed by atoms with E-state index in [1.54, 1.807) is 48.6 Å². The minimum atomic E-state index is -0.529. The fraction of sp³-hybridized carbons (Fsp3) is 0.286. The van der Waals surface area contributed by atoms with E-state index in [1.807, 2.05) is 0 Å². The second kappa shape index (κ2) is 9.09. The van der Waals surface area contributed by atoms with Crippen molar-refractivity contribution in [2.75, 3.05) is 11.9 Å². The number of urea groups is 1. The summed E-state index contributed by atoms with van der Waals surface area (Å²) in [4.78, 5) is 52.7. The van der Waals surface area contributed by atoms with Crippen LogP contribution >= 0.6 is 0 Å². The van der Waals surface area contributed by atoms with Crippen LogP contribution in [0.3, 0.4) is 0 Å². The van der Waals surface area contributed by atoms with Gasteiger partial charge in [-0.2, -0.15) is 4.99 Å². The molecule has 8 nitrogen and oxygen atoms in total. The van der Waals surface area contributed by atoms with Gasteiger partial charge in [-0.25, -0.2) is 4.79 Å². The van der Waals surface area contributed by atoms with Crippen molar-refractivity contribution in [3.63, 3.8) is 0 Å². The molecule has 0 spiro atoms. The molecular formula is C21H22N4O4. The molecule has 0 saturated carbocycles. The van der Waals surface area contributed by atoms with Crippen molar-refractivity contribution < 1.29 is 19.2 Å². The molecule has 5 amide bonds. The van der Waals surface area contributed by atoms with Gasteiger partial charge in [-0.15, -0.1) is 0 Å². The lowest BCUT2D eigenvalue weighted by atomic mass is 9.95. The summed E-state index contributed by atoms with van der Waals surface area (Å²) in [5, 5.41) is 2.75. The summed E-state index contributed by atoms with van der Waals surface area (Å²) >= 11 is 0. The number of rotatable bonds is 8. The van der Waals surface area contributed by atoms with Gasteiger partial charge in [0.25, 0.3) is 0 Å². The molecule has 1 aromatic rings. The summed E-state index contributed by atoms with van der Waals surface area (Å²) < 4.78 is 0. The van der Waals surface area contributed by atoms with E-state index >= 15 is 0 Å². The van der Waals surface area contributed by atoms with Crippen LogP contribution in [0, 0.1) is 5.92 Å². The fourth-order valence-electron chi connectivity index (χ4n) is 3.16. The Hall–Kier alpha value is -3.55. The van der Waals surface area contributed by atoms with Crippen LogP contribution < -0.4 is 11.1 Å². The molecule has 1 aromatic carbocycles. The SMILES string of the molecule is NC(=O)c1ccc(NC(=O)CCCCCN2C(=O)N=C3C=CC=CC3C2=O)cc1. The molecule has 2 aliphatic rings. The number of nitrogens with one attached hydrogen (secondary N) is 1. The first-order chi connectivity index (χ1) is 14.0. The molecule has 0 radical (unpaired) electrons. The molecule has 0 saturated heterocycles. The number of allylic oxidation sites excluding steroid dienone is 3. The lowest BCUT2D eigenvalue weighted by Gasteiger charge is -2.28. The molecule has 1 aliphatic carbocycles. The van der Waals surface area contributed by atoms with Crippen LogP contribution in [0.2, 0.25) is 0 Å². The topological polar surface area (TPSA) is 122 Å². The van der Waals surface area contributed by atoms with E-state index in [9.17, 15) is 19.2 Å². The van der Waals surface area contributed by atoms with Gasteiger partial charge >= 0.3 is 6.03 Å². The van der Waals surface area contributed by atoms with Gasteiger partial charge in [-0.1, -0.05) is 24.6 Å². The number of hydrogen-bond donors (Lipinski definition) is 2. The van der Waals surface area contributed by atoms with Crippen LogP contribution in [0.25, 0.3) is 0 Å². The Kier molecular flexibility index (Phi) is 6.33. The number of aliphatic imine (C=N–C) groups is 1. The number of nitrogens with zero attached hydrogens (tertiary/aromatic N) is 2. The number of amides is 5. The molecule has 8 heteroatoms. The van der Waals surface area contributed by atoms with Crippen molar-refractivity contribution >= 4 is 35.2 Å². The van der Waals surface area contributed by atoms with Crippen molar-refractivity contribution in [1.29, 1.82) is 0 Å². The van der Waals surface area contributed by atoms with E-state index in [0.29, 0.717) is 49.2 Å². The number of carbonyl (C=O) groups excluding carboxylic acids is 4. The van der Waals surface area contributed by atoms with Gasteiger partial charge in [0.2, 0.25) is 17.7 Å². The Balaban J connectivity index is 1.39. The Morgan fingerprint density at radius 3 is 2.55 bits per heavy atom. The fourth-order valence-corrected chi connectivity index (χ4v) is 3.16. The molecule has 0 bridgehead atoms. The van der Waals surface area contributed by atoms with Crippen LogP contribution in [0.1, 0.15) is 36.0 Å². The number of nitrogens with two attached hydrogens (primary N) is 1. The third kappa shape index (κ3) is 5.04. The average Bonchev–Trinajstić information content (AvgIpc) is 2.70. The smallest absolute Gasteiger partial charge is 0.350 e. The Bertz CT molecular complexity index is 915. The number of imide groups is 1. The first-order valence-electron chi connectivity index (χ1n) is 9.44. The molecule has 0 fully saturated rings. The summed E-state index contributed by atoms with van der Waals surface area (Å²) in [5.74, 6) is -1.40. The van der Waals surface area contributed by atoms with E-state index < -0.39 is 17.9 Å². The maximum atomic E-state index is 12.5. The zero-order valence-corrected chi connectivity index (χ0v) is 15.8. The number of benzene rings is 1. The second-order valence-corrected chi connectivity index (χ2v) is 6.83. The van der Waals surface area contributed by atoms with Crippen molar-refractivity contribution in [1.82, 2.24) is 4.90 Å². The van der Waals surface area contributed by atoms with Gasteiger partial charge in [-0.05, 0) is 43.2 Å². The van der Waals surface area contributed by atoms with Crippen LogP contribution in [-0.4, -0.2) is 40.9 Å². The molecule has 3 N–H and O–H groups in total. The van der Waals surface area contributed by atoms with E-state index in [0.717, 1.165) is 0 Å². The van der Waals surface area contributed by atoms with E-state index in [2.05, 4.69) is 10.3 Å². The highest BCUT2D eigenvalue weighted by Gasteiger charge is 2.35. The largest absolute Gasteiger partial charge is 0.366 e. The van der Waals surface area contributed by atoms with E-state index in [-0.39, 0.29) is 11.8 Å². The van der Waals surface area contributed by atoms with E-state index in [4.69, 9.17) is 5.73 Å². The monoisotopic (exact) mass is 394 g/mol. The van der Waals surface area contributed by atoms with Gasteiger partial charge in [0, 0.05) is 24.2 Å². The van der Waals surface area contributed by atoms with Crippen molar-refractivity contribution in [2.45, 2.75) is 25.7 Å². The molecule has 1 atom stereocenters. The standard InChI is InChI=1S/C21H22N4O4/c22-19(27)14-9-11-15(12-10-14)23-18(26)8-2-1-5-13-25-20(28)16-6-3-4-7-17(16)24-21(25)29/h3-4,6-7,9-12,16H,1-2,5,8,13H2,(H2,22,27)(H,23,26). The highest BCUT2D eigenvalue weighted by Crippen LogP contribution is 2.20. The molecule has 1 aliphatic heterocycles. The number of anilines is 1. The highest BCUT2D eigenvalue weighted by molar-refractivity contribution is 6.21. The van der Waals surface area contributed by atoms with Gasteiger partial charge in [0.05, 0.1) is 11.6 Å². The number of unbranched alkanes of at least 4 members (excludes halogenated alkanes) is 2. The second-order valence-electron chi connectivity index (χ2n) is 6.83. The first kappa shape index (κ1) is 20.2. The Morgan fingerprint density at radius 2 is 1.83 bits per heavy atom. The summed E-state index contributed by atoms with van der Waals surface area (Å²) in [7, 11) is 0. The lowest BCUT2D eigenvalue weighted by molar-refractivity contribution is -0.129. The van der Waals surface area contributed by atoms with Crippen LogP contribution in [0.15, 0.2) is 53.6 Å². The van der Waals surface area contributed by atoms with Crippen LogP contribution in [0.4, 0.5) is 10.5 Å². The maximum Gasteiger partial charge on any atom is 0.350 e. The van der Waals surface area contributed by atoms with Crippen LogP contribution in [0.5, 0.6) is 0 Å². The predicted octanol–water partition coefficient (Wildman–Crippen LogP) is 2.43. The number of fused-ring (bicyclic) bond motifs is 1. The molecule has 29 heavy (non-hydrogen) atoms. The van der Waals surface area contributed by atoms with Crippen molar-refractivity contribution in [3.05, 3.63) is 54.1 Å². The summed E-state index contributed by atoms with van der Waals surface area (Å²) in [6.07, 6.45) is 9.19.